The molecule has 0 atom stereocenters. The Morgan fingerprint density at radius 1 is 1.53 bits per heavy atom. The second-order valence-corrected chi connectivity index (χ2v) is 4.20. The fraction of sp³-hybridized carbons (Fsp3) is 0.583. The standard InChI is InChI=1S/C12H18N2O/c1-9-6-11(12(15-2)8-13-9)14-7-10-4-3-5-10/h6,8,10H,3-5,7H2,1-2H3,(H,13,14). The summed E-state index contributed by atoms with van der Waals surface area (Å²) in [5.41, 5.74) is 2.09. The molecule has 15 heavy (non-hydrogen) atoms. The van der Waals surface area contributed by atoms with Crippen LogP contribution in [0.1, 0.15) is 25.0 Å². The number of pyridine rings is 1. The summed E-state index contributed by atoms with van der Waals surface area (Å²) in [5.74, 6) is 1.68. The van der Waals surface area contributed by atoms with Crippen LogP contribution in [0.3, 0.4) is 0 Å². The molecule has 1 aromatic heterocycles. The lowest BCUT2D eigenvalue weighted by Gasteiger charge is -2.26. The van der Waals surface area contributed by atoms with Crippen molar-refractivity contribution in [2.45, 2.75) is 26.2 Å². The van der Waals surface area contributed by atoms with E-state index in [1.807, 2.05) is 13.0 Å². The summed E-state index contributed by atoms with van der Waals surface area (Å²) in [6, 6.07) is 2.04. The highest BCUT2D eigenvalue weighted by atomic mass is 16.5. The first-order valence-electron chi connectivity index (χ1n) is 5.54. The highest BCUT2D eigenvalue weighted by molar-refractivity contribution is 5.55. The molecule has 0 bridgehead atoms. The zero-order valence-electron chi connectivity index (χ0n) is 9.42. The van der Waals surface area contributed by atoms with Crippen LogP contribution < -0.4 is 10.1 Å². The molecule has 1 aliphatic rings. The van der Waals surface area contributed by atoms with Crippen LogP contribution in [0.2, 0.25) is 0 Å². The van der Waals surface area contributed by atoms with Gasteiger partial charge in [0.25, 0.3) is 0 Å². The lowest BCUT2D eigenvalue weighted by atomic mass is 9.85. The molecule has 0 aromatic carbocycles. The van der Waals surface area contributed by atoms with Gasteiger partial charge in [-0.2, -0.15) is 0 Å². The van der Waals surface area contributed by atoms with E-state index in [4.69, 9.17) is 4.74 Å². The first-order chi connectivity index (χ1) is 7.29. The van der Waals surface area contributed by atoms with E-state index in [9.17, 15) is 0 Å². The summed E-state index contributed by atoms with van der Waals surface area (Å²) in [7, 11) is 1.68. The number of nitrogens with zero attached hydrogens (tertiary/aromatic N) is 1. The number of ether oxygens (including phenoxy) is 1. The average molecular weight is 206 g/mol. The van der Waals surface area contributed by atoms with Crippen LogP contribution >= 0.6 is 0 Å². The quantitative estimate of drug-likeness (QED) is 0.822. The van der Waals surface area contributed by atoms with Gasteiger partial charge in [0.2, 0.25) is 0 Å². The zero-order chi connectivity index (χ0) is 10.7. The fourth-order valence-electron chi connectivity index (χ4n) is 1.80. The van der Waals surface area contributed by atoms with Crippen molar-refractivity contribution in [3.63, 3.8) is 0 Å². The van der Waals surface area contributed by atoms with E-state index in [1.165, 1.54) is 19.3 Å². The van der Waals surface area contributed by atoms with Crippen molar-refractivity contribution in [1.82, 2.24) is 4.98 Å². The summed E-state index contributed by atoms with van der Waals surface area (Å²) < 4.78 is 5.26. The minimum absolute atomic E-state index is 0.833. The van der Waals surface area contributed by atoms with Crippen LogP contribution in [0.15, 0.2) is 12.3 Å². The number of methoxy groups -OCH3 is 1. The van der Waals surface area contributed by atoms with Crippen molar-refractivity contribution in [2.24, 2.45) is 5.92 Å². The van der Waals surface area contributed by atoms with Gasteiger partial charge in [0, 0.05) is 12.2 Å². The molecule has 0 saturated heterocycles. The summed E-state index contributed by atoms with van der Waals surface area (Å²) in [4.78, 5) is 4.21. The van der Waals surface area contributed by atoms with Gasteiger partial charge in [0.1, 0.15) is 0 Å². The molecule has 0 spiro atoms. The molecule has 1 aliphatic carbocycles. The average Bonchev–Trinajstić information content (AvgIpc) is 2.16. The van der Waals surface area contributed by atoms with Crippen molar-refractivity contribution in [2.75, 3.05) is 19.0 Å². The van der Waals surface area contributed by atoms with E-state index in [2.05, 4.69) is 10.3 Å². The lowest BCUT2D eigenvalue weighted by Crippen LogP contribution is -2.21. The lowest BCUT2D eigenvalue weighted by molar-refractivity contribution is 0.332. The largest absolute Gasteiger partial charge is 0.493 e. The van der Waals surface area contributed by atoms with Crippen molar-refractivity contribution < 1.29 is 4.74 Å². The Kier molecular flexibility index (Phi) is 3.09. The van der Waals surface area contributed by atoms with E-state index in [0.717, 1.165) is 29.6 Å². The molecule has 1 heterocycles. The predicted octanol–water partition coefficient (Wildman–Crippen LogP) is 2.61. The fourth-order valence-corrected chi connectivity index (χ4v) is 1.80. The van der Waals surface area contributed by atoms with Gasteiger partial charge in [-0.15, -0.1) is 0 Å². The minimum atomic E-state index is 0.833. The van der Waals surface area contributed by atoms with E-state index in [1.54, 1.807) is 13.3 Å². The minimum Gasteiger partial charge on any atom is -0.493 e. The first-order valence-corrected chi connectivity index (χ1v) is 5.54. The summed E-state index contributed by atoms with van der Waals surface area (Å²) in [5, 5.41) is 3.44. The van der Waals surface area contributed by atoms with Gasteiger partial charge in [-0.25, -0.2) is 0 Å². The van der Waals surface area contributed by atoms with Gasteiger partial charge in [-0.1, -0.05) is 6.42 Å². The Hall–Kier alpha value is -1.25. The topological polar surface area (TPSA) is 34.1 Å². The molecular formula is C12H18N2O. The number of hydrogen-bond acceptors (Lipinski definition) is 3. The monoisotopic (exact) mass is 206 g/mol. The normalized spacial score (nSPS) is 15.9. The molecule has 0 aliphatic heterocycles. The maximum absolute atomic E-state index is 5.26. The highest BCUT2D eigenvalue weighted by Gasteiger charge is 2.17. The zero-order valence-corrected chi connectivity index (χ0v) is 9.42. The second kappa shape index (κ2) is 4.51. The van der Waals surface area contributed by atoms with Gasteiger partial charge in [0.05, 0.1) is 19.0 Å². The number of rotatable bonds is 4. The molecule has 3 heteroatoms. The van der Waals surface area contributed by atoms with Crippen molar-refractivity contribution in [3.8, 4) is 5.75 Å². The Morgan fingerprint density at radius 3 is 2.93 bits per heavy atom. The van der Waals surface area contributed by atoms with E-state index in [0.29, 0.717) is 0 Å². The third-order valence-electron chi connectivity index (χ3n) is 3.03. The Balaban J connectivity index is 2.00. The van der Waals surface area contributed by atoms with E-state index in [-0.39, 0.29) is 0 Å². The molecule has 0 amide bonds. The third-order valence-corrected chi connectivity index (χ3v) is 3.03. The Morgan fingerprint density at radius 2 is 2.33 bits per heavy atom. The first kappa shape index (κ1) is 10.3. The molecule has 1 fully saturated rings. The molecule has 1 N–H and O–H groups in total. The summed E-state index contributed by atoms with van der Waals surface area (Å²) in [6.07, 6.45) is 5.88. The predicted molar refractivity (Wildman–Crippen MR) is 61.4 cm³/mol. The molecule has 3 nitrogen and oxygen atoms in total. The van der Waals surface area contributed by atoms with Gasteiger partial charge in [-0.3, -0.25) is 4.98 Å². The maximum Gasteiger partial charge on any atom is 0.160 e. The van der Waals surface area contributed by atoms with Crippen LogP contribution in [-0.4, -0.2) is 18.6 Å². The smallest absolute Gasteiger partial charge is 0.160 e. The number of nitrogens with one attached hydrogen (secondary N) is 1. The molecule has 1 aromatic rings. The van der Waals surface area contributed by atoms with Crippen LogP contribution in [0, 0.1) is 12.8 Å². The number of anilines is 1. The maximum atomic E-state index is 5.26. The summed E-state index contributed by atoms with van der Waals surface area (Å²) >= 11 is 0. The SMILES string of the molecule is COc1cnc(C)cc1NCC1CCC1. The second-order valence-electron chi connectivity index (χ2n) is 4.20. The Bertz CT molecular complexity index is 334. The van der Waals surface area contributed by atoms with Gasteiger partial charge < -0.3 is 10.1 Å². The van der Waals surface area contributed by atoms with Crippen molar-refractivity contribution in [1.29, 1.82) is 0 Å². The molecule has 0 radical (unpaired) electrons. The van der Waals surface area contributed by atoms with E-state index >= 15 is 0 Å². The van der Waals surface area contributed by atoms with Crippen LogP contribution in [-0.2, 0) is 0 Å². The van der Waals surface area contributed by atoms with Crippen LogP contribution in [0.5, 0.6) is 5.75 Å². The van der Waals surface area contributed by atoms with Crippen LogP contribution in [0.25, 0.3) is 0 Å². The third kappa shape index (κ3) is 2.41. The number of aryl methyl sites for hydroxylation is 1. The molecule has 1 saturated carbocycles. The summed E-state index contributed by atoms with van der Waals surface area (Å²) in [6.45, 7) is 3.05. The Labute approximate surface area is 90.9 Å². The van der Waals surface area contributed by atoms with E-state index < -0.39 is 0 Å². The number of aromatic nitrogens is 1. The van der Waals surface area contributed by atoms with Crippen molar-refractivity contribution >= 4 is 5.69 Å². The molecule has 82 valence electrons. The highest BCUT2D eigenvalue weighted by Crippen LogP contribution is 2.29. The number of hydrogen-bond donors (Lipinski definition) is 1. The van der Waals surface area contributed by atoms with Gasteiger partial charge in [-0.05, 0) is 31.7 Å². The van der Waals surface area contributed by atoms with Gasteiger partial charge in [0.15, 0.2) is 5.75 Å². The van der Waals surface area contributed by atoms with Crippen molar-refractivity contribution in [3.05, 3.63) is 18.0 Å². The molecule has 2 rings (SSSR count). The van der Waals surface area contributed by atoms with Gasteiger partial charge >= 0.3 is 0 Å². The van der Waals surface area contributed by atoms with Crippen LogP contribution in [0.4, 0.5) is 5.69 Å². The molecular weight excluding hydrogens is 188 g/mol. The molecule has 0 unspecified atom stereocenters.